The van der Waals surface area contributed by atoms with Gasteiger partial charge in [0.15, 0.2) is 6.61 Å². The molecule has 3 aliphatic carbocycles. The molecule has 0 bridgehead atoms. The van der Waals surface area contributed by atoms with Crippen LogP contribution in [0.25, 0.3) is 0 Å². The van der Waals surface area contributed by atoms with Crippen molar-refractivity contribution in [2.45, 2.75) is 109 Å². The summed E-state index contributed by atoms with van der Waals surface area (Å²) in [6, 6.07) is 6.02. The molecule has 7 nitrogen and oxygen atoms in total. The van der Waals surface area contributed by atoms with Crippen molar-refractivity contribution in [1.82, 2.24) is 0 Å². The van der Waals surface area contributed by atoms with Gasteiger partial charge in [0, 0.05) is 0 Å². The van der Waals surface area contributed by atoms with Crippen molar-refractivity contribution in [3.63, 3.8) is 0 Å². The van der Waals surface area contributed by atoms with E-state index in [1.807, 2.05) is 12.1 Å². The molecule has 0 aromatic heterocycles. The fourth-order valence-electron chi connectivity index (χ4n) is 6.70. The highest BCUT2D eigenvalue weighted by molar-refractivity contribution is 5.71. The summed E-state index contributed by atoms with van der Waals surface area (Å²) in [7, 11) is 1.36. The topological polar surface area (TPSA) is 91.3 Å². The second kappa shape index (κ2) is 13.5. The SMILES string of the molecule is CCCCC[C@@H](CC[C@@H]1C2Cc3cccc(OCC(=O)OC)c3C[C@H]2C[C@H]1O)OC(=O)OC1CCCC1. The van der Waals surface area contributed by atoms with Crippen molar-refractivity contribution < 1.29 is 33.6 Å². The van der Waals surface area contributed by atoms with Crippen LogP contribution in [0.4, 0.5) is 4.79 Å². The maximum Gasteiger partial charge on any atom is 0.508 e. The molecule has 0 spiro atoms. The third-order valence-electron chi connectivity index (χ3n) is 8.70. The second-order valence-electron chi connectivity index (χ2n) is 11.1. The van der Waals surface area contributed by atoms with E-state index in [0.29, 0.717) is 11.8 Å². The molecule has 0 aliphatic heterocycles. The number of aliphatic hydroxyl groups is 1. The molecule has 0 amide bonds. The van der Waals surface area contributed by atoms with Gasteiger partial charge in [0.25, 0.3) is 0 Å². The van der Waals surface area contributed by atoms with Gasteiger partial charge >= 0.3 is 12.1 Å². The highest BCUT2D eigenvalue weighted by Gasteiger charge is 2.45. The molecule has 0 radical (unpaired) electrons. The first-order valence-corrected chi connectivity index (χ1v) is 14.3. The molecule has 4 rings (SSSR count). The van der Waals surface area contributed by atoms with Gasteiger partial charge in [-0.3, -0.25) is 0 Å². The lowest BCUT2D eigenvalue weighted by atomic mass is 9.73. The highest BCUT2D eigenvalue weighted by atomic mass is 16.7. The molecule has 206 valence electrons. The summed E-state index contributed by atoms with van der Waals surface area (Å²) in [5, 5.41) is 11.0. The lowest BCUT2D eigenvalue weighted by Crippen LogP contribution is -2.29. The summed E-state index contributed by atoms with van der Waals surface area (Å²) >= 11 is 0. The van der Waals surface area contributed by atoms with E-state index in [1.54, 1.807) is 0 Å². The number of hydrogen-bond acceptors (Lipinski definition) is 7. The average Bonchev–Trinajstić information content (AvgIpc) is 3.50. The maximum atomic E-state index is 12.5. The first kappa shape index (κ1) is 27.7. The Labute approximate surface area is 221 Å². The van der Waals surface area contributed by atoms with Gasteiger partial charge < -0.3 is 24.1 Å². The summed E-state index contributed by atoms with van der Waals surface area (Å²) in [5.41, 5.74) is 2.38. The van der Waals surface area contributed by atoms with E-state index in [0.717, 1.165) is 94.8 Å². The molecule has 1 N–H and O–H groups in total. The molecule has 1 aromatic rings. The van der Waals surface area contributed by atoms with Crippen LogP contribution in [0.3, 0.4) is 0 Å². The van der Waals surface area contributed by atoms with Gasteiger partial charge in [-0.2, -0.15) is 0 Å². The number of methoxy groups -OCH3 is 1. The van der Waals surface area contributed by atoms with Gasteiger partial charge in [-0.25, -0.2) is 9.59 Å². The number of carbonyl (C=O) groups excluding carboxylic acids is 2. The van der Waals surface area contributed by atoms with Crippen molar-refractivity contribution in [2.75, 3.05) is 13.7 Å². The van der Waals surface area contributed by atoms with Crippen LogP contribution >= 0.6 is 0 Å². The van der Waals surface area contributed by atoms with Crippen molar-refractivity contribution in [2.24, 2.45) is 17.8 Å². The Hall–Kier alpha value is -2.28. The maximum absolute atomic E-state index is 12.5. The van der Waals surface area contributed by atoms with E-state index in [9.17, 15) is 14.7 Å². The van der Waals surface area contributed by atoms with E-state index in [1.165, 1.54) is 12.7 Å². The number of hydrogen-bond donors (Lipinski definition) is 1. The normalized spacial score (nSPS) is 25.7. The first-order chi connectivity index (χ1) is 18.0. The highest BCUT2D eigenvalue weighted by Crippen LogP contribution is 2.48. The number of ether oxygens (including phenoxy) is 4. The zero-order valence-electron chi connectivity index (χ0n) is 22.5. The molecule has 2 fully saturated rings. The van der Waals surface area contributed by atoms with Crippen LogP contribution in [-0.4, -0.2) is 49.3 Å². The van der Waals surface area contributed by atoms with Gasteiger partial charge in [-0.05, 0) is 106 Å². The molecule has 0 heterocycles. The lowest BCUT2D eigenvalue weighted by molar-refractivity contribution is -0.142. The lowest BCUT2D eigenvalue weighted by Gasteiger charge is -2.32. The van der Waals surface area contributed by atoms with Crippen LogP contribution in [0.15, 0.2) is 18.2 Å². The fraction of sp³-hybridized carbons (Fsp3) is 0.733. The van der Waals surface area contributed by atoms with Crippen molar-refractivity contribution >= 4 is 12.1 Å². The molecule has 37 heavy (non-hydrogen) atoms. The van der Waals surface area contributed by atoms with Gasteiger partial charge in [-0.15, -0.1) is 0 Å². The van der Waals surface area contributed by atoms with Crippen LogP contribution in [0.2, 0.25) is 0 Å². The summed E-state index contributed by atoms with van der Waals surface area (Å²) in [4.78, 5) is 24.0. The number of unbranched alkanes of at least 4 members (excludes halogenated alkanes) is 2. The van der Waals surface area contributed by atoms with E-state index < -0.39 is 12.1 Å². The number of esters is 1. The molecular weight excluding hydrogens is 472 g/mol. The van der Waals surface area contributed by atoms with Crippen LogP contribution in [0.1, 0.15) is 88.7 Å². The molecule has 5 atom stereocenters. The first-order valence-electron chi connectivity index (χ1n) is 14.3. The molecule has 2 saturated carbocycles. The fourth-order valence-corrected chi connectivity index (χ4v) is 6.70. The number of aliphatic hydroxyl groups excluding tert-OH is 1. The van der Waals surface area contributed by atoms with Crippen molar-refractivity contribution in [3.05, 3.63) is 29.3 Å². The number of carbonyl (C=O) groups is 2. The Morgan fingerprint density at radius 3 is 2.68 bits per heavy atom. The zero-order chi connectivity index (χ0) is 26.2. The van der Waals surface area contributed by atoms with E-state index in [4.69, 9.17) is 18.9 Å². The van der Waals surface area contributed by atoms with Crippen LogP contribution in [-0.2, 0) is 31.8 Å². The van der Waals surface area contributed by atoms with Crippen LogP contribution in [0, 0.1) is 17.8 Å². The minimum atomic E-state index is -0.524. The minimum absolute atomic E-state index is 0.00463. The van der Waals surface area contributed by atoms with Gasteiger partial charge in [0.2, 0.25) is 0 Å². The van der Waals surface area contributed by atoms with Gasteiger partial charge in [-0.1, -0.05) is 31.9 Å². The Kier molecular flexibility index (Phi) is 10.1. The molecule has 3 aliphatic rings. The second-order valence-corrected chi connectivity index (χ2v) is 11.1. The number of benzene rings is 1. The van der Waals surface area contributed by atoms with E-state index >= 15 is 0 Å². The predicted molar refractivity (Wildman–Crippen MR) is 139 cm³/mol. The predicted octanol–water partition coefficient (Wildman–Crippen LogP) is 5.78. The summed E-state index contributed by atoms with van der Waals surface area (Å²) < 4.78 is 21.9. The zero-order valence-corrected chi connectivity index (χ0v) is 22.5. The number of rotatable bonds is 12. The van der Waals surface area contributed by atoms with Gasteiger partial charge in [0.05, 0.1) is 13.2 Å². The Morgan fingerprint density at radius 2 is 1.92 bits per heavy atom. The Balaban J connectivity index is 1.36. The molecule has 1 aromatic carbocycles. The monoisotopic (exact) mass is 516 g/mol. The standard InChI is InChI=1S/C30H44O7/c1-3-4-5-10-23(37-30(33)36-22-11-6-7-12-22)14-15-24-25-16-20-9-8-13-28(35-19-29(32)34-2)26(20)17-21(25)18-27(24)31/h8-9,13,21-25,27,31H,3-7,10-12,14-19H2,1-2H3/t21-,23-,24+,25?,27+/m0/s1. The van der Waals surface area contributed by atoms with E-state index in [2.05, 4.69) is 13.0 Å². The summed E-state index contributed by atoms with van der Waals surface area (Å²) in [6.07, 6.45) is 11.3. The van der Waals surface area contributed by atoms with Crippen molar-refractivity contribution in [3.8, 4) is 5.75 Å². The van der Waals surface area contributed by atoms with Crippen LogP contribution in [0.5, 0.6) is 5.75 Å². The molecule has 1 unspecified atom stereocenters. The smallest absolute Gasteiger partial charge is 0.482 e. The summed E-state index contributed by atoms with van der Waals surface area (Å²) in [5.74, 6) is 1.29. The Bertz CT molecular complexity index is 894. The summed E-state index contributed by atoms with van der Waals surface area (Å²) in [6.45, 7) is 2.07. The van der Waals surface area contributed by atoms with Crippen molar-refractivity contribution in [1.29, 1.82) is 0 Å². The largest absolute Gasteiger partial charge is 0.508 e. The minimum Gasteiger partial charge on any atom is -0.482 e. The van der Waals surface area contributed by atoms with Gasteiger partial charge in [0.1, 0.15) is 18.0 Å². The molecule has 7 heteroatoms. The quantitative estimate of drug-likeness (QED) is 0.278. The average molecular weight is 517 g/mol. The third kappa shape index (κ3) is 7.40. The molecular formula is C30H44O7. The number of fused-ring (bicyclic) bond motifs is 2. The third-order valence-corrected chi connectivity index (χ3v) is 8.70. The van der Waals surface area contributed by atoms with Crippen LogP contribution < -0.4 is 4.74 Å². The molecule has 0 saturated heterocycles. The Morgan fingerprint density at radius 1 is 1.11 bits per heavy atom. The van der Waals surface area contributed by atoms with E-state index in [-0.39, 0.29) is 30.8 Å².